The highest BCUT2D eigenvalue weighted by atomic mass is 16.2. The van der Waals surface area contributed by atoms with Gasteiger partial charge in [-0.25, -0.2) is 4.79 Å². The second-order valence-corrected chi connectivity index (χ2v) is 7.19. The number of aromatic nitrogens is 1. The molecule has 4 amide bonds. The summed E-state index contributed by atoms with van der Waals surface area (Å²) in [6.45, 7) is 3.55. The van der Waals surface area contributed by atoms with E-state index in [2.05, 4.69) is 22.5 Å². The van der Waals surface area contributed by atoms with Crippen LogP contribution in [0, 0.1) is 5.92 Å². The second kappa shape index (κ2) is 6.82. The van der Waals surface area contributed by atoms with E-state index in [1.54, 1.807) is 31.3 Å². The van der Waals surface area contributed by atoms with Gasteiger partial charge < -0.3 is 10.6 Å². The number of nitrogens with one attached hydrogen (secondary N) is 2. The maximum Gasteiger partial charge on any atom is 0.325 e. The smallest absolute Gasteiger partial charge is 0.325 e. The molecule has 1 saturated carbocycles. The van der Waals surface area contributed by atoms with Gasteiger partial charge >= 0.3 is 6.03 Å². The average Bonchev–Trinajstić information content (AvgIpc) is 2.82. The molecule has 2 aliphatic rings. The van der Waals surface area contributed by atoms with Crippen LogP contribution in [0.4, 0.5) is 4.79 Å². The first-order valence-electron chi connectivity index (χ1n) is 8.75. The molecule has 3 rings (SSSR count). The van der Waals surface area contributed by atoms with Crippen LogP contribution >= 0.6 is 0 Å². The molecule has 0 spiro atoms. The molecule has 25 heavy (non-hydrogen) atoms. The van der Waals surface area contributed by atoms with Gasteiger partial charge in [-0.15, -0.1) is 0 Å². The van der Waals surface area contributed by atoms with Gasteiger partial charge in [-0.3, -0.25) is 19.5 Å². The number of amides is 4. The van der Waals surface area contributed by atoms with Crippen LogP contribution in [0.3, 0.4) is 0 Å². The minimum absolute atomic E-state index is 0.131. The van der Waals surface area contributed by atoms with Crippen LogP contribution in [0.15, 0.2) is 24.4 Å². The van der Waals surface area contributed by atoms with Crippen LogP contribution in [0.25, 0.3) is 0 Å². The number of nitrogens with zero attached hydrogens (tertiary/aromatic N) is 2. The summed E-state index contributed by atoms with van der Waals surface area (Å²) in [4.78, 5) is 42.4. The molecule has 0 radical (unpaired) electrons. The quantitative estimate of drug-likeness (QED) is 0.811. The Bertz CT molecular complexity index is 670. The van der Waals surface area contributed by atoms with Crippen LogP contribution in [0.5, 0.6) is 0 Å². The van der Waals surface area contributed by atoms with E-state index >= 15 is 0 Å². The van der Waals surface area contributed by atoms with Crippen LogP contribution in [0.2, 0.25) is 0 Å². The Morgan fingerprint density at radius 2 is 2.04 bits per heavy atom. The van der Waals surface area contributed by atoms with Crippen molar-refractivity contribution in [3.63, 3.8) is 0 Å². The van der Waals surface area contributed by atoms with Crippen LogP contribution in [-0.2, 0) is 15.1 Å². The summed E-state index contributed by atoms with van der Waals surface area (Å²) in [5.74, 6) is -0.0601. The average molecular weight is 344 g/mol. The molecule has 2 N–H and O–H groups in total. The highest BCUT2D eigenvalue weighted by Gasteiger charge is 2.50. The van der Waals surface area contributed by atoms with E-state index < -0.39 is 17.5 Å². The second-order valence-electron chi connectivity index (χ2n) is 7.19. The summed E-state index contributed by atoms with van der Waals surface area (Å²) in [5, 5.41) is 5.60. The van der Waals surface area contributed by atoms with E-state index in [4.69, 9.17) is 0 Å². The molecular formula is C18H24N4O3. The standard InChI is InChI=1S/C18H24N4O3/c1-12-6-8-13(9-7-12)20-15(23)11-22-16(24)18(2,21-17(22)25)14-5-3-4-10-19-14/h3-5,10,12-13H,6-9,11H2,1-2H3,(H,20,23)(H,21,25). The van der Waals surface area contributed by atoms with Crippen molar-refractivity contribution >= 4 is 17.8 Å². The van der Waals surface area contributed by atoms with Crippen molar-refractivity contribution in [3.05, 3.63) is 30.1 Å². The Morgan fingerprint density at radius 3 is 2.68 bits per heavy atom. The van der Waals surface area contributed by atoms with Gasteiger partial charge in [-0.2, -0.15) is 0 Å². The Kier molecular flexibility index (Phi) is 4.74. The molecule has 7 nitrogen and oxygen atoms in total. The van der Waals surface area contributed by atoms with E-state index in [1.165, 1.54) is 0 Å². The van der Waals surface area contributed by atoms with Crippen molar-refractivity contribution in [2.75, 3.05) is 6.54 Å². The molecule has 1 aromatic rings. The third-order valence-electron chi connectivity index (χ3n) is 5.13. The van der Waals surface area contributed by atoms with Crippen LogP contribution in [-0.4, -0.2) is 40.3 Å². The molecule has 1 aliphatic carbocycles. The Morgan fingerprint density at radius 1 is 1.32 bits per heavy atom. The largest absolute Gasteiger partial charge is 0.352 e. The molecular weight excluding hydrogens is 320 g/mol. The number of rotatable bonds is 4. The zero-order chi connectivity index (χ0) is 18.0. The predicted molar refractivity (Wildman–Crippen MR) is 91.4 cm³/mol. The summed E-state index contributed by atoms with van der Waals surface area (Å²) >= 11 is 0. The lowest BCUT2D eigenvalue weighted by Gasteiger charge is -2.27. The molecule has 134 valence electrons. The van der Waals surface area contributed by atoms with E-state index in [9.17, 15) is 14.4 Å². The minimum atomic E-state index is -1.24. The fourth-order valence-electron chi connectivity index (χ4n) is 3.49. The lowest BCUT2D eigenvalue weighted by atomic mass is 9.87. The van der Waals surface area contributed by atoms with Crippen molar-refractivity contribution in [1.29, 1.82) is 0 Å². The fraction of sp³-hybridized carbons (Fsp3) is 0.556. The van der Waals surface area contributed by atoms with Gasteiger partial charge in [0.2, 0.25) is 5.91 Å². The monoisotopic (exact) mass is 344 g/mol. The van der Waals surface area contributed by atoms with Gasteiger partial charge in [0.15, 0.2) is 5.54 Å². The third-order valence-corrected chi connectivity index (χ3v) is 5.13. The van der Waals surface area contributed by atoms with E-state index in [1.807, 2.05) is 0 Å². The molecule has 1 unspecified atom stereocenters. The zero-order valence-electron chi connectivity index (χ0n) is 14.6. The molecule has 2 heterocycles. The maximum atomic E-state index is 12.7. The SMILES string of the molecule is CC1CCC(NC(=O)CN2C(=O)NC(C)(c3ccccn3)C2=O)CC1. The third kappa shape index (κ3) is 3.50. The maximum absolute atomic E-state index is 12.7. The Labute approximate surface area is 147 Å². The summed E-state index contributed by atoms with van der Waals surface area (Å²) in [6.07, 6.45) is 5.63. The zero-order valence-corrected chi connectivity index (χ0v) is 14.6. The van der Waals surface area contributed by atoms with Crippen molar-refractivity contribution in [1.82, 2.24) is 20.5 Å². The van der Waals surface area contributed by atoms with Gasteiger partial charge in [0.25, 0.3) is 5.91 Å². The first kappa shape index (κ1) is 17.4. The van der Waals surface area contributed by atoms with Crippen molar-refractivity contribution in [2.24, 2.45) is 5.92 Å². The lowest BCUT2D eigenvalue weighted by molar-refractivity contribution is -0.135. The van der Waals surface area contributed by atoms with Gasteiger partial charge in [0.05, 0.1) is 5.69 Å². The molecule has 2 fully saturated rings. The van der Waals surface area contributed by atoms with E-state index in [-0.39, 0.29) is 18.5 Å². The molecule has 1 saturated heterocycles. The minimum Gasteiger partial charge on any atom is -0.352 e. The van der Waals surface area contributed by atoms with Crippen molar-refractivity contribution in [3.8, 4) is 0 Å². The lowest BCUT2D eigenvalue weighted by Crippen LogP contribution is -2.46. The predicted octanol–water partition coefficient (Wildman–Crippen LogP) is 1.54. The fourth-order valence-corrected chi connectivity index (χ4v) is 3.49. The molecule has 7 heteroatoms. The number of imide groups is 1. The molecule has 1 atom stereocenters. The first-order valence-corrected chi connectivity index (χ1v) is 8.75. The van der Waals surface area contributed by atoms with Gasteiger partial charge in [-0.05, 0) is 50.7 Å². The highest BCUT2D eigenvalue weighted by Crippen LogP contribution is 2.27. The van der Waals surface area contributed by atoms with Crippen LogP contribution in [0.1, 0.15) is 45.2 Å². The number of carbonyl (C=O) groups excluding carboxylic acids is 3. The summed E-state index contributed by atoms with van der Waals surface area (Å²) < 4.78 is 0. The Balaban J connectivity index is 1.64. The van der Waals surface area contributed by atoms with Gasteiger partial charge in [-0.1, -0.05) is 13.0 Å². The van der Waals surface area contributed by atoms with Crippen molar-refractivity contribution in [2.45, 2.75) is 51.1 Å². The Hall–Kier alpha value is -2.44. The molecule has 1 aromatic heterocycles. The van der Waals surface area contributed by atoms with Crippen molar-refractivity contribution < 1.29 is 14.4 Å². The summed E-state index contributed by atoms with van der Waals surface area (Å²) in [6, 6.07) is 4.75. The number of pyridine rings is 1. The van der Waals surface area contributed by atoms with Crippen LogP contribution < -0.4 is 10.6 Å². The number of carbonyl (C=O) groups is 3. The summed E-state index contributed by atoms with van der Waals surface area (Å²) in [7, 11) is 0. The van der Waals surface area contributed by atoms with E-state index in [0.717, 1.165) is 30.6 Å². The topological polar surface area (TPSA) is 91.4 Å². The first-order chi connectivity index (χ1) is 11.9. The number of hydrogen-bond acceptors (Lipinski definition) is 4. The summed E-state index contributed by atoms with van der Waals surface area (Å²) in [5.41, 5.74) is -0.781. The number of urea groups is 1. The molecule has 1 aliphatic heterocycles. The molecule has 0 bridgehead atoms. The molecule has 0 aromatic carbocycles. The number of hydrogen-bond donors (Lipinski definition) is 2. The normalized spacial score (nSPS) is 29.4. The highest BCUT2D eigenvalue weighted by molar-refractivity contribution is 6.08. The van der Waals surface area contributed by atoms with Gasteiger partial charge in [0, 0.05) is 12.2 Å². The van der Waals surface area contributed by atoms with Gasteiger partial charge in [0.1, 0.15) is 6.54 Å². The van der Waals surface area contributed by atoms with E-state index in [0.29, 0.717) is 11.6 Å².